The lowest BCUT2D eigenvalue weighted by atomic mass is 9.79. The van der Waals surface area contributed by atoms with Crippen molar-refractivity contribution in [1.29, 1.82) is 0 Å². The average Bonchev–Trinajstić information content (AvgIpc) is 2.29. The van der Waals surface area contributed by atoms with Crippen LogP contribution in [-0.2, 0) is 19.0 Å². The third kappa shape index (κ3) is 2.55. The number of hydrogen-bond acceptors (Lipinski definition) is 4. The Hall–Kier alpha value is -0.610. The zero-order valence-electron chi connectivity index (χ0n) is 10.7. The minimum Gasteiger partial charge on any atom is -0.467 e. The van der Waals surface area contributed by atoms with Crippen molar-refractivity contribution >= 4 is 5.97 Å². The highest BCUT2D eigenvalue weighted by Gasteiger charge is 2.43. The van der Waals surface area contributed by atoms with E-state index >= 15 is 0 Å². The molecule has 1 heterocycles. The molecule has 5 atom stereocenters. The second-order valence-electron chi connectivity index (χ2n) is 4.48. The van der Waals surface area contributed by atoms with Gasteiger partial charge in [-0.1, -0.05) is 20.8 Å². The summed E-state index contributed by atoms with van der Waals surface area (Å²) in [4.78, 5) is 11.6. The molecule has 0 aromatic carbocycles. The molecule has 4 nitrogen and oxygen atoms in total. The molecule has 1 aliphatic rings. The Morgan fingerprint density at radius 2 is 1.81 bits per heavy atom. The van der Waals surface area contributed by atoms with Crippen molar-refractivity contribution in [3.8, 4) is 0 Å². The quantitative estimate of drug-likeness (QED) is 0.694. The fraction of sp³-hybridized carbons (Fsp3) is 0.917. The van der Waals surface area contributed by atoms with E-state index in [1.54, 1.807) is 0 Å². The van der Waals surface area contributed by atoms with Crippen LogP contribution in [0, 0.1) is 17.8 Å². The van der Waals surface area contributed by atoms with Gasteiger partial charge in [0, 0.05) is 12.5 Å². The van der Waals surface area contributed by atoms with Crippen LogP contribution in [0.15, 0.2) is 0 Å². The van der Waals surface area contributed by atoms with E-state index in [0.717, 1.165) is 0 Å². The van der Waals surface area contributed by atoms with Crippen LogP contribution in [0.25, 0.3) is 0 Å². The van der Waals surface area contributed by atoms with Gasteiger partial charge in [0.1, 0.15) is 0 Å². The van der Waals surface area contributed by atoms with Gasteiger partial charge in [-0.05, 0) is 18.8 Å². The number of hydrogen-bond donors (Lipinski definition) is 0. The Morgan fingerprint density at radius 1 is 1.19 bits per heavy atom. The molecule has 0 aromatic heterocycles. The first kappa shape index (κ1) is 13.5. The molecule has 1 rings (SSSR count). The molecule has 0 amide bonds. The molecule has 0 aliphatic carbocycles. The fourth-order valence-corrected chi connectivity index (χ4v) is 2.14. The van der Waals surface area contributed by atoms with Crippen molar-refractivity contribution in [2.24, 2.45) is 17.8 Å². The van der Waals surface area contributed by atoms with E-state index < -0.39 is 6.10 Å². The van der Waals surface area contributed by atoms with Gasteiger partial charge < -0.3 is 14.2 Å². The zero-order valence-corrected chi connectivity index (χ0v) is 10.7. The largest absolute Gasteiger partial charge is 0.467 e. The first-order valence-corrected chi connectivity index (χ1v) is 5.87. The van der Waals surface area contributed by atoms with Crippen molar-refractivity contribution < 1.29 is 19.0 Å². The molecule has 16 heavy (non-hydrogen) atoms. The third-order valence-corrected chi connectivity index (χ3v) is 3.61. The summed E-state index contributed by atoms with van der Waals surface area (Å²) in [7, 11) is 1.39. The highest BCUT2D eigenvalue weighted by molar-refractivity contribution is 5.75. The highest BCUT2D eigenvalue weighted by atomic mass is 16.7. The second kappa shape index (κ2) is 5.64. The predicted molar refractivity (Wildman–Crippen MR) is 59.8 cm³/mol. The summed E-state index contributed by atoms with van der Waals surface area (Å²) in [6.45, 7) is 8.75. The smallest absolute Gasteiger partial charge is 0.335 e. The number of esters is 1. The molecule has 2 unspecified atom stereocenters. The number of carbonyl (C=O) groups is 1. The van der Waals surface area contributed by atoms with Gasteiger partial charge in [0.05, 0.1) is 7.11 Å². The number of carbonyl (C=O) groups excluding carboxylic acids is 1. The Bertz CT molecular complexity index is 241. The van der Waals surface area contributed by atoms with E-state index in [9.17, 15) is 4.79 Å². The lowest BCUT2D eigenvalue weighted by Gasteiger charge is -2.41. The fourth-order valence-electron chi connectivity index (χ4n) is 2.14. The maximum absolute atomic E-state index is 11.6. The van der Waals surface area contributed by atoms with Gasteiger partial charge in [-0.15, -0.1) is 0 Å². The maximum atomic E-state index is 11.6. The first-order chi connectivity index (χ1) is 7.52. The summed E-state index contributed by atoms with van der Waals surface area (Å²) in [5.74, 6) is 0.500. The third-order valence-electron chi connectivity index (χ3n) is 3.61. The Kier molecular flexibility index (Phi) is 4.74. The second-order valence-corrected chi connectivity index (χ2v) is 4.48. The molecule has 4 heteroatoms. The first-order valence-electron chi connectivity index (χ1n) is 5.87. The summed E-state index contributed by atoms with van der Waals surface area (Å²) in [6.07, 6.45) is -0.812. The average molecular weight is 230 g/mol. The van der Waals surface area contributed by atoms with E-state index in [4.69, 9.17) is 14.2 Å². The van der Waals surface area contributed by atoms with Crippen LogP contribution in [0.5, 0.6) is 0 Å². The van der Waals surface area contributed by atoms with Gasteiger partial charge in [0.25, 0.3) is 0 Å². The lowest BCUT2D eigenvalue weighted by Crippen LogP contribution is -2.49. The molecule has 0 spiro atoms. The van der Waals surface area contributed by atoms with Crippen LogP contribution >= 0.6 is 0 Å². The summed E-state index contributed by atoms with van der Waals surface area (Å²) in [6, 6.07) is 0. The van der Waals surface area contributed by atoms with Gasteiger partial charge in [0.15, 0.2) is 12.4 Å². The molecule has 0 N–H and O–H groups in total. The minimum absolute atomic E-state index is 0.152. The molecular weight excluding hydrogens is 208 g/mol. The van der Waals surface area contributed by atoms with Gasteiger partial charge in [-0.2, -0.15) is 0 Å². The molecule has 0 saturated carbocycles. The van der Waals surface area contributed by atoms with Crippen LogP contribution in [0.3, 0.4) is 0 Å². The van der Waals surface area contributed by atoms with E-state index in [1.807, 2.05) is 13.8 Å². The van der Waals surface area contributed by atoms with E-state index in [0.29, 0.717) is 12.5 Å². The Morgan fingerprint density at radius 3 is 2.31 bits per heavy atom. The number of rotatable bonds is 3. The normalized spacial score (nSPS) is 39.4. The van der Waals surface area contributed by atoms with Crippen LogP contribution in [-0.4, -0.2) is 32.1 Å². The van der Waals surface area contributed by atoms with Crippen molar-refractivity contribution in [3.63, 3.8) is 0 Å². The lowest BCUT2D eigenvalue weighted by molar-refractivity contribution is -0.249. The van der Waals surface area contributed by atoms with Crippen molar-refractivity contribution in [2.75, 3.05) is 13.7 Å². The minimum atomic E-state index is -0.507. The Balaban J connectivity index is 2.76. The molecular formula is C12H22O4. The summed E-state index contributed by atoms with van der Waals surface area (Å²) in [5, 5.41) is 0. The molecule has 0 radical (unpaired) electrons. The van der Waals surface area contributed by atoms with Crippen LogP contribution < -0.4 is 0 Å². The highest BCUT2D eigenvalue weighted by Crippen LogP contribution is 2.35. The molecule has 0 aromatic rings. The van der Waals surface area contributed by atoms with Crippen molar-refractivity contribution in [3.05, 3.63) is 0 Å². The van der Waals surface area contributed by atoms with Crippen LogP contribution in [0.4, 0.5) is 0 Å². The van der Waals surface area contributed by atoms with E-state index in [1.165, 1.54) is 7.11 Å². The number of methoxy groups -OCH3 is 1. The van der Waals surface area contributed by atoms with Gasteiger partial charge in [-0.3, -0.25) is 0 Å². The summed E-state index contributed by atoms with van der Waals surface area (Å²) in [5.41, 5.74) is 0. The van der Waals surface area contributed by atoms with E-state index in [2.05, 4.69) is 13.8 Å². The number of ether oxygens (including phenoxy) is 3. The Labute approximate surface area is 97.2 Å². The predicted octanol–water partition coefficient (Wildman–Crippen LogP) is 1.83. The zero-order chi connectivity index (χ0) is 12.3. The van der Waals surface area contributed by atoms with Crippen molar-refractivity contribution in [1.82, 2.24) is 0 Å². The standard InChI is InChI=1S/C12H22O4/c1-6-15-12-9(4)7(2)8(3)10(16-12)11(13)14-5/h7-10,12H,6H2,1-5H3/t7-,8-,9?,10?,12+/m0/s1. The maximum Gasteiger partial charge on any atom is 0.335 e. The van der Waals surface area contributed by atoms with Crippen LogP contribution in [0.2, 0.25) is 0 Å². The SMILES string of the molecule is CCO[C@@H]1OC(C(=O)OC)[C@@H](C)[C@H](C)C1C. The molecule has 1 aliphatic heterocycles. The van der Waals surface area contributed by atoms with Crippen molar-refractivity contribution in [2.45, 2.75) is 40.1 Å². The molecule has 94 valence electrons. The van der Waals surface area contributed by atoms with Gasteiger partial charge in [-0.25, -0.2) is 4.79 Å². The summed E-state index contributed by atoms with van der Waals surface area (Å²) >= 11 is 0. The topological polar surface area (TPSA) is 44.8 Å². The molecule has 1 saturated heterocycles. The van der Waals surface area contributed by atoms with Gasteiger partial charge >= 0.3 is 5.97 Å². The van der Waals surface area contributed by atoms with Gasteiger partial charge in [0.2, 0.25) is 0 Å². The summed E-state index contributed by atoms with van der Waals surface area (Å²) < 4.78 is 15.9. The monoisotopic (exact) mass is 230 g/mol. The van der Waals surface area contributed by atoms with Crippen LogP contribution in [0.1, 0.15) is 27.7 Å². The van der Waals surface area contributed by atoms with E-state index in [-0.39, 0.29) is 24.1 Å². The molecule has 1 fully saturated rings. The molecule has 0 bridgehead atoms.